The summed E-state index contributed by atoms with van der Waals surface area (Å²) in [6.45, 7) is 0. The molecule has 0 aliphatic rings. The van der Waals surface area contributed by atoms with Gasteiger partial charge in [0.1, 0.15) is 28.8 Å². The van der Waals surface area contributed by atoms with Gasteiger partial charge in [0.15, 0.2) is 5.82 Å². The number of ether oxygens (including phenoxy) is 2. The van der Waals surface area contributed by atoms with Gasteiger partial charge in [-0.25, -0.2) is 4.98 Å². The van der Waals surface area contributed by atoms with E-state index in [-0.39, 0.29) is 52.6 Å². The summed E-state index contributed by atoms with van der Waals surface area (Å²) in [6.07, 6.45) is 0.118. The van der Waals surface area contributed by atoms with E-state index in [0.29, 0.717) is 22.7 Å². The predicted molar refractivity (Wildman–Crippen MR) is 123 cm³/mol. The monoisotopic (exact) mass is 994 g/mol. The van der Waals surface area contributed by atoms with Crippen LogP contribution in [0.5, 0.6) is 34.5 Å². The van der Waals surface area contributed by atoms with Crippen LogP contribution in [0.15, 0.2) is 54.6 Å². The van der Waals surface area contributed by atoms with Crippen molar-refractivity contribution in [1.29, 1.82) is 0 Å². The van der Waals surface area contributed by atoms with Crippen LogP contribution in [0.3, 0.4) is 0 Å². The number of aromatic hydroxyl groups is 4. The van der Waals surface area contributed by atoms with E-state index in [4.69, 9.17) is 9.47 Å². The number of nitrogens with one attached hydrogen (secondary N) is 1. The first kappa shape index (κ1) is 25.5. The molecule has 0 bridgehead atoms. The minimum atomic E-state index is -0.234. The van der Waals surface area contributed by atoms with Crippen LogP contribution in [0, 0.1) is 14.2 Å². The van der Waals surface area contributed by atoms with Crippen LogP contribution in [-0.4, -0.2) is 35.4 Å². The molecule has 4 rings (SSSR count). The first-order valence-corrected chi connectivity index (χ1v) is 9.89. The summed E-state index contributed by atoms with van der Waals surface area (Å²) in [5, 5.41) is 43.4. The Bertz CT molecular complexity index is 1280. The van der Waals surface area contributed by atoms with Gasteiger partial charge in [-0.1, -0.05) is 6.07 Å². The zero-order valence-electron chi connectivity index (χ0n) is 19.2. The van der Waals surface area contributed by atoms with Crippen LogP contribution in [0.25, 0.3) is 11.4 Å². The second-order valence-corrected chi connectivity index (χ2v) is 7.16. The van der Waals surface area contributed by atoms with Gasteiger partial charge >= 0.3 is 0 Å². The van der Waals surface area contributed by atoms with Crippen molar-refractivity contribution >= 4 is 11.6 Å². The molecule has 3 aromatic carbocycles. The first-order chi connectivity index (χ1) is 16.4. The van der Waals surface area contributed by atoms with Crippen LogP contribution in [0.2, 0.25) is 0 Å². The molecule has 4 aromatic rings. The SMILES string of the molecule is [CH2-]Oc1ccc(Cc2nc(Nc3ccc(O[CH2-])cc3O)nc(-c3ccc(O)cc3O)n2)c(O)c1.[Rf].[Rf]. The molecule has 178 valence electrons. The van der Waals surface area contributed by atoms with Crippen LogP contribution < -0.4 is 14.8 Å². The second kappa shape index (κ2) is 10.3. The van der Waals surface area contributed by atoms with E-state index >= 15 is 0 Å². The Morgan fingerprint density at radius 3 is 2.00 bits per heavy atom. The molecular weight excluding hydrogens is 974 g/mol. The molecule has 0 aliphatic carbocycles. The van der Waals surface area contributed by atoms with Crippen molar-refractivity contribution in [2.75, 3.05) is 5.32 Å². The topological polar surface area (TPSA) is 150 Å². The maximum absolute atomic E-state index is 10.3. The van der Waals surface area contributed by atoms with E-state index in [9.17, 15) is 20.4 Å². The molecule has 12 heteroatoms. The molecule has 0 saturated carbocycles. The van der Waals surface area contributed by atoms with Gasteiger partial charge in [-0.05, 0) is 30.3 Å². The number of aromatic nitrogens is 3. The maximum atomic E-state index is 10.3. The van der Waals surface area contributed by atoms with Gasteiger partial charge in [0, 0.05) is 30.2 Å². The van der Waals surface area contributed by atoms with Gasteiger partial charge in [0.2, 0.25) is 5.95 Å². The zero-order valence-corrected chi connectivity index (χ0v) is 32.0. The molecule has 0 amide bonds. The van der Waals surface area contributed by atoms with Gasteiger partial charge in [-0.15, -0.1) is 0 Å². The molecule has 10 nitrogen and oxygen atoms in total. The van der Waals surface area contributed by atoms with Crippen LogP contribution in [-0.2, 0) is 6.42 Å². The fraction of sp³-hybridized carbons (Fsp3) is 0.0417. The normalized spacial score (nSPS) is 10.1. The van der Waals surface area contributed by atoms with Gasteiger partial charge < -0.3 is 35.2 Å². The first-order valence-electron chi connectivity index (χ1n) is 9.89. The van der Waals surface area contributed by atoms with Crippen molar-refractivity contribution in [1.82, 2.24) is 15.0 Å². The van der Waals surface area contributed by atoms with E-state index in [1.807, 2.05) is 0 Å². The van der Waals surface area contributed by atoms with Gasteiger partial charge in [-0.3, -0.25) is 0 Å². The fourth-order valence-corrected chi connectivity index (χ4v) is 3.16. The van der Waals surface area contributed by atoms with E-state index in [0.717, 1.165) is 0 Å². The number of hydrogen-bond acceptors (Lipinski definition) is 10. The Kier molecular flexibility index (Phi) is 7.27. The number of phenolic OH excluding ortho intramolecular Hbond substituents is 4. The molecule has 0 radical (unpaired) electrons. The average Bonchev–Trinajstić information content (AvgIpc) is 2.81. The third kappa shape index (κ3) is 5.18. The molecule has 36 heavy (non-hydrogen) atoms. The number of rotatable bonds is 7. The van der Waals surface area contributed by atoms with Crippen molar-refractivity contribution in [3.8, 4) is 45.9 Å². The van der Waals surface area contributed by atoms with Crippen molar-refractivity contribution in [2.24, 2.45) is 0 Å². The van der Waals surface area contributed by atoms with Gasteiger partial charge in [0.05, 0.1) is 22.7 Å². The number of phenols is 4. The van der Waals surface area contributed by atoms with Crippen molar-refractivity contribution in [3.05, 3.63) is 80.2 Å². The summed E-state index contributed by atoms with van der Waals surface area (Å²) in [6, 6.07) is 13.2. The minimum absolute atomic E-state index is 0. The van der Waals surface area contributed by atoms with Crippen LogP contribution in [0.1, 0.15) is 11.4 Å². The smallest absolute Gasteiger partial charge is 0.231 e. The van der Waals surface area contributed by atoms with Gasteiger partial charge in [0.25, 0.3) is 0 Å². The molecule has 0 saturated heterocycles. The van der Waals surface area contributed by atoms with E-state index in [1.165, 1.54) is 30.3 Å². The third-order valence-corrected chi connectivity index (χ3v) is 4.86. The molecule has 0 unspecified atom stereocenters. The number of hydrogen-bond donors (Lipinski definition) is 5. The molecule has 0 spiro atoms. The summed E-state index contributed by atoms with van der Waals surface area (Å²) in [4.78, 5) is 13.1. The molecule has 1 heterocycles. The van der Waals surface area contributed by atoms with Crippen LogP contribution >= 0.6 is 0 Å². The van der Waals surface area contributed by atoms with E-state index in [2.05, 4.69) is 34.5 Å². The Morgan fingerprint density at radius 2 is 1.39 bits per heavy atom. The Morgan fingerprint density at radius 1 is 0.722 bits per heavy atom. The number of anilines is 2. The predicted octanol–water partition coefficient (Wildman–Crippen LogP) is 4.04. The minimum Gasteiger partial charge on any atom is -0.665 e. The Hall–Kier alpha value is -6.73. The van der Waals surface area contributed by atoms with Crippen molar-refractivity contribution < 1.29 is 29.9 Å². The van der Waals surface area contributed by atoms with Crippen LogP contribution in [0.4, 0.5) is 11.6 Å². The summed E-state index contributed by atoms with van der Waals surface area (Å²) in [7, 11) is 6.62. The van der Waals surface area contributed by atoms with Gasteiger partial charge in [-0.2, -0.15) is 24.2 Å². The summed E-state index contributed by atoms with van der Waals surface area (Å²) >= 11 is 0. The third-order valence-electron chi connectivity index (χ3n) is 4.86. The Labute approximate surface area is 194 Å². The zero-order chi connectivity index (χ0) is 24.2. The summed E-state index contributed by atoms with van der Waals surface area (Å²) in [5.41, 5.74) is 1.05. The molecule has 0 fully saturated rings. The second-order valence-electron chi connectivity index (χ2n) is 7.16. The standard InChI is InChI=1S/C24H20N4O6.2Rf/c1-33-15-5-3-13(19(30)11-15)9-22-26-23(17-7-4-14(29)10-20(17)31)28-24(27-22)25-18-8-6-16(34-2)12-21(18)32;;/h3-8,10-12,29-32H,1-2,9H2,(H,25,26,27,28);;/q-2;;. The molecule has 0 atom stereocenters. The molecule has 1 aromatic heterocycles. The fourth-order valence-electron chi connectivity index (χ4n) is 3.16. The summed E-state index contributed by atoms with van der Waals surface area (Å²) in [5.74, 6) is 0.675. The molecule has 5 N–H and O–H groups in total. The molecular formula is C24H20N4O6Rf2-2. The van der Waals surface area contributed by atoms with Crippen molar-refractivity contribution in [3.63, 3.8) is 0 Å². The average molecular weight is 994 g/mol. The largest absolute Gasteiger partial charge is 0.665 e. The Balaban J connectivity index is 0.00000228. The van der Waals surface area contributed by atoms with E-state index in [1.54, 1.807) is 24.3 Å². The summed E-state index contributed by atoms with van der Waals surface area (Å²) < 4.78 is 9.72. The molecule has 0 aliphatic heterocycles. The maximum Gasteiger partial charge on any atom is 0.231 e. The number of benzene rings is 3. The van der Waals surface area contributed by atoms with E-state index < -0.39 is 0 Å². The quantitative estimate of drug-likeness (QED) is 0.136. The van der Waals surface area contributed by atoms with Crippen molar-refractivity contribution in [2.45, 2.75) is 6.42 Å². The number of nitrogens with zero attached hydrogens (tertiary/aromatic N) is 3.